The largest absolute Gasteiger partial charge is 0.481 e. The molecule has 3 heterocycles. The van der Waals surface area contributed by atoms with Crippen molar-refractivity contribution in [2.45, 2.75) is 36.6 Å². The van der Waals surface area contributed by atoms with E-state index in [1.807, 2.05) is 0 Å². The molecule has 2 fully saturated rings. The van der Waals surface area contributed by atoms with Crippen LogP contribution in [0, 0.1) is 0 Å². The third-order valence-electron chi connectivity index (χ3n) is 4.37. The van der Waals surface area contributed by atoms with Gasteiger partial charge in [0.25, 0.3) is 0 Å². The second-order valence-corrected chi connectivity index (χ2v) is 5.60. The van der Waals surface area contributed by atoms with Crippen molar-refractivity contribution in [2.75, 3.05) is 27.9 Å². The van der Waals surface area contributed by atoms with Crippen LogP contribution in [0.2, 0.25) is 0 Å². The molecule has 25 heavy (non-hydrogen) atoms. The summed E-state index contributed by atoms with van der Waals surface area (Å²) in [6, 6.07) is -0.494. The maximum absolute atomic E-state index is 10.7. The Morgan fingerprint density at radius 1 is 1.32 bits per heavy atom. The van der Waals surface area contributed by atoms with Crippen molar-refractivity contribution < 1.29 is 28.8 Å². The van der Waals surface area contributed by atoms with E-state index in [2.05, 4.69) is 20.0 Å². The highest BCUT2D eigenvalue weighted by molar-refractivity contribution is 5.30. The number of methoxy groups -OCH3 is 3. The highest BCUT2D eigenvalue weighted by Crippen LogP contribution is 2.42. The van der Waals surface area contributed by atoms with Gasteiger partial charge in [0.05, 0.1) is 44.6 Å². The van der Waals surface area contributed by atoms with Crippen LogP contribution in [0.3, 0.4) is 0 Å². The smallest absolute Gasteiger partial charge is 0.319 e. The Balaban J connectivity index is 1.92. The van der Waals surface area contributed by atoms with Gasteiger partial charge in [-0.2, -0.15) is 4.98 Å². The molecule has 0 bridgehead atoms. The minimum atomic E-state index is -1.01. The molecule has 1 aromatic rings. The van der Waals surface area contributed by atoms with Gasteiger partial charge in [-0.1, -0.05) is 5.11 Å². The van der Waals surface area contributed by atoms with Crippen molar-refractivity contribution in [3.05, 3.63) is 22.2 Å². The van der Waals surface area contributed by atoms with Gasteiger partial charge in [0.2, 0.25) is 5.88 Å². The number of ether oxygens (including phenoxy) is 5. The molecular formula is C14H19N5O6. The molecule has 6 atom stereocenters. The molecule has 0 aliphatic carbocycles. The average Bonchev–Trinajstić information content (AvgIpc) is 2.98. The van der Waals surface area contributed by atoms with Gasteiger partial charge in [0.15, 0.2) is 0 Å². The lowest BCUT2D eigenvalue weighted by Crippen LogP contribution is -2.53. The Labute approximate surface area is 143 Å². The second-order valence-electron chi connectivity index (χ2n) is 5.60. The summed E-state index contributed by atoms with van der Waals surface area (Å²) in [6.07, 6.45) is -2.14. The molecule has 0 radical (unpaired) electrons. The van der Waals surface area contributed by atoms with Crippen molar-refractivity contribution in [1.82, 2.24) is 9.97 Å². The lowest BCUT2D eigenvalue weighted by molar-refractivity contribution is -0.138. The summed E-state index contributed by atoms with van der Waals surface area (Å²) in [5.74, 6) is 0.221. The number of azide groups is 1. The van der Waals surface area contributed by atoms with E-state index in [0.717, 1.165) is 0 Å². The molecule has 1 aromatic heterocycles. The number of hydrogen-bond donors (Lipinski definition) is 1. The van der Waals surface area contributed by atoms with E-state index >= 15 is 0 Å². The van der Waals surface area contributed by atoms with Crippen molar-refractivity contribution in [1.29, 1.82) is 0 Å². The van der Waals surface area contributed by atoms with E-state index in [0.29, 0.717) is 5.56 Å². The topological polar surface area (TPSA) is 141 Å². The third-order valence-corrected chi connectivity index (χ3v) is 4.37. The van der Waals surface area contributed by atoms with E-state index in [1.165, 1.54) is 27.5 Å². The molecule has 11 heteroatoms. The van der Waals surface area contributed by atoms with Crippen molar-refractivity contribution in [3.8, 4) is 11.9 Å². The normalized spacial score (nSPS) is 34.1. The van der Waals surface area contributed by atoms with E-state index in [9.17, 15) is 5.11 Å². The van der Waals surface area contributed by atoms with Crippen molar-refractivity contribution >= 4 is 0 Å². The number of hydrogen-bond acceptors (Lipinski definition) is 9. The van der Waals surface area contributed by atoms with Crippen LogP contribution >= 0.6 is 0 Å². The Morgan fingerprint density at radius 3 is 2.76 bits per heavy atom. The monoisotopic (exact) mass is 353 g/mol. The van der Waals surface area contributed by atoms with Crippen molar-refractivity contribution in [2.24, 2.45) is 5.11 Å². The summed E-state index contributed by atoms with van der Waals surface area (Å²) in [6.45, 7) is 0.185. The maximum atomic E-state index is 10.7. The fourth-order valence-corrected chi connectivity index (χ4v) is 3.16. The first-order valence-electron chi connectivity index (χ1n) is 7.61. The third kappa shape index (κ3) is 3.08. The molecule has 11 nitrogen and oxygen atoms in total. The molecule has 2 saturated heterocycles. The van der Waals surface area contributed by atoms with Gasteiger partial charge in [0.1, 0.15) is 18.3 Å². The number of aliphatic hydroxyl groups excluding tert-OH is 1. The molecular weight excluding hydrogens is 334 g/mol. The van der Waals surface area contributed by atoms with Gasteiger partial charge in [0, 0.05) is 18.2 Å². The molecule has 136 valence electrons. The standard InChI is InChI=1S/C14H19N5O6/c1-21-7-5-24-12-9(20)10(25-11(12)8(7)18-19-15)6-4-16-14(23-3)17-13(6)22-2/h4,7-12,20H,5H2,1-3H3/t7-,8+,9?,10-,11+,12-/m0/s1. The predicted octanol–water partition coefficient (Wildman–Crippen LogP) is 0.387. The van der Waals surface area contributed by atoms with Gasteiger partial charge >= 0.3 is 6.01 Å². The summed E-state index contributed by atoms with van der Waals surface area (Å²) in [5, 5.41) is 14.4. The molecule has 1 unspecified atom stereocenters. The molecule has 2 aliphatic rings. The number of aromatic nitrogens is 2. The van der Waals surface area contributed by atoms with Gasteiger partial charge in [-0.3, -0.25) is 0 Å². The number of nitrogens with zero attached hydrogens (tertiary/aromatic N) is 5. The van der Waals surface area contributed by atoms with E-state index in [4.69, 9.17) is 29.2 Å². The second kappa shape index (κ2) is 7.38. The lowest BCUT2D eigenvalue weighted by atomic mass is 9.94. The number of aliphatic hydroxyl groups is 1. The first-order chi connectivity index (χ1) is 12.1. The Kier molecular flexibility index (Phi) is 5.21. The maximum Gasteiger partial charge on any atom is 0.319 e. The zero-order chi connectivity index (χ0) is 18.0. The average molecular weight is 353 g/mol. The predicted molar refractivity (Wildman–Crippen MR) is 82.2 cm³/mol. The SMILES string of the molecule is COc1ncc([C@@H]2O[C@@H]3[C@H](N=[N+]=[N-])[C@@H](OC)CO[C@H]3C2O)c(OC)n1. The fourth-order valence-electron chi connectivity index (χ4n) is 3.16. The molecule has 0 aromatic carbocycles. The minimum Gasteiger partial charge on any atom is -0.481 e. The van der Waals surface area contributed by atoms with E-state index in [1.54, 1.807) is 0 Å². The van der Waals surface area contributed by atoms with Crippen LogP contribution in [0.15, 0.2) is 11.3 Å². The lowest BCUT2D eigenvalue weighted by Gasteiger charge is -2.36. The van der Waals surface area contributed by atoms with Crippen LogP contribution in [0.1, 0.15) is 11.7 Å². The van der Waals surface area contributed by atoms with Gasteiger partial charge in [-0.05, 0) is 5.53 Å². The summed E-state index contributed by atoms with van der Waals surface area (Å²) in [4.78, 5) is 11.0. The van der Waals surface area contributed by atoms with Crippen LogP contribution in [-0.4, -0.2) is 73.5 Å². The molecule has 2 aliphatic heterocycles. The molecule has 3 rings (SSSR count). The summed E-state index contributed by atoms with van der Waals surface area (Å²) in [5.41, 5.74) is 9.28. The Morgan fingerprint density at radius 2 is 2.12 bits per heavy atom. The summed E-state index contributed by atoms with van der Waals surface area (Å²) < 4.78 is 27.1. The molecule has 0 spiro atoms. The number of fused-ring (bicyclic) bond motifs is 1. The molecule has 0 amide bonds. The first-order valence-corrected chi connectivity index (χ1v) is 7.61. The van der Waals surface area contributed by atoms with Gasteiger partial charge in [-0.25, -0.2) is 4.98 Å². The van der Waals surface area contributed by atoms with Crippen LogP contribution < -0.4 is 9.47 Å². The zero-order valence-corrected chi connectivity index (χ0v) is 14.0. The highest BCUT2D eigenvalue weighted by Gasteiger charge is 2.53. The number of rotatable bonds is 5. The highest BCUT2D eigenvalue weighted by atomic mass is 16.6. The zero-order valence-electron chi connectivity index (χ0n) is 14.0. The van der Waals surface area contributed by atoms with Crippen molar-refractivity contribution in [3.63, 3.8) is 0 Å². The Hall–Kier alpha value is -2.17. The molecule has 1 N–H and O–H groups in total. The molecule has 0 saturated carbocycles. The van der Waals surface area contributed by atoms with E-state index in [-0.39, 0.29) is 18.5 Å². The summed E-state index contributed by atoms with van der Waals surface area (Å²) in [7, 11) is 4.38. The quantitative estimate of drug-likeness (QED) is 0.455. The van der Waals surface area contributed by atoms with Crippen LogP contribution in [0.4, 0.5) is 0 Å². The first kappa shape index (κ1) is 17.6. The van der Waals surface area contributed by atoms with E-state index < -0.39 is 36.6 Å². The van der Waals surface area contributed by atoms with Gasteiger partial charge < -0.3 is 28.8 Å². The fraction of sp³-hybridized carbons (Fsp3) is 0.714. The van der Waals surface area contributed by atoms with Crippen LogP contribution in [-0.2, 0) is 14.2 Å². The summed E-state index contributed by atoms with van der Waals surface area (Å²) >= 11 is 0. The van der Waals surface area contributed by atoms with Gasteiger partial charge in [-0.15, -0.1) is 0 Å². The minimum absolute atomic E-state index is 0.133. The van der Waals surface area contributed by atoms with Crippen LogP contribution in [0.25, 0.3) is 10.4 Å². The van der Waals surface area contributed by atoms with Crippen LogP contribution in [0.5, 0.6) is 11.9 Å². The Bertz CT molecular complexity index is 669.